The fourth-order valence-electron chi connectivity index (χ4n) is 2.75. The summed E-state index contributed by atoms with van der Waals surface area (Å²) in [6.45, 7) is 6.82. The van der Waals surface area contributed by atoms with Crippen LogP contribution in [-0.2, 0) is 4.74 Å². The minimum absolute atomic E-state index is 0.0644. The SMILES string of the molecule is CCCOC1CCCN(C(C)C(=O)c2ccccc2)C1. The highest BCUT2D eigenvalue weighted by molar-refractivity contribution is 5.99. The van der Waals surface area contributed by atoms with Crippen LogP contribution in [0.2, 0.25) is 0 Å². The lowest BCUT2D eigenvalue weighted by Gasteiger charge is -2.36. The molecule has 0 amide bonds. The maximum atomic E-state index is 12.5. The van der Waals surface area contributed by atoms with Crippen LogP contribution in [0.3, 0.4) is 0 Å². The molecule has 1 saturated heterocycles. The first-order valence-corrected chi connectivity index (χ1v) is 7.67. The van der Waals surface area contributed by atoms with E-state index in [0.29, 0.717) is 0 Å². The first kappa shape index (κ1) is 15.2. The first-order valence-electron chi connectivity index (χ1n) is 7.67. The monoisotopic (exact) mass is 275 g/mol. The third kappa shape index (κ3) is 3.90. The Bertz CT molecular complexity index is 418. The molecule has 2 unspecified atom stereocenters. The van der Waals surface area contributed by atoms with Crippen LogP contribution >= 0.6 is 0 Å². The molecule has 0 aromatic heterocycles. The summed E-state index contributed by atoms with van der Waals surface area (Å²) in [7, 11) is 0. The molecular formula is C17H25NO2. The fraction of sp³-hybridized carbons (Fsp3) is 0.588. The van der Waals surface area contributed by atoms with Crippen LogP contribution in [0.25, 0.3) is 0 Å². The summed E-state index contributed by atoms with van der Waals surface area (Å²) >= 11 is 0. The largest absolute Gasteiger partial charge is 0.377 e. The lowest BCUT2D eigenvalue weighted by Crippen LogP contribution is -2.47. The number of Topliss-reactive ketones (excluding diaryl/α,β-unsaturated/α-hetero) is 1. The van der Waals surface area contributed by atoms with E-state index >= 15 is 0 Å². The zero-order valence-electron chi connectivity index (χ0n) is 12.5. The highest BCUT2D eigenvalue weighted by Crippen LogP contribution is 2.18. The van der Waals surface area contributed by atoms with E-state index in [-0.39, 0.29) is 17.9 Å². The van der Waals surface area contributed by atoms with Gasteiger partial charge in [-0.05, 0) is 32.7 Å². The van der Waals surface area contributed by atoms with Gasteiger partial charge in [-0.15, -0.1) is 0 Å². The van der Waals surface area contributed by atoms with Crippen molar-refractivity contribution in [1.82, 2.24) is 4.90 Å². The summed E-state index contributed by atoms with van der Waals surface area (Å²) < 4.78 is 5.84. The van der Waals surface area contributed by atoms with E-state index < -0.39 is 0 Å². The molecule has 1 heterocycles. The maximum Gasteiger partial charge on any atom is 0.179 e. The molecular weight excluding hydrogens is 250 g/mol. The van der Waals surface area contributed by atoms with E-state index in [0.717, 1.165) is 44.5 Å². The second-order valence-electron chi connectivity index (χ2n) is 5.54. The van der Waals surface area contributed by atoms with Gasteiger partial charge in [-0.3, -0.25) is 9.69 Å². The van der Waals surface area contributed by atoms with Crippen molar-refractivity contribution in [2.24, 2.45) is 0 Å². The van der Waals surface area contributed by atoms with Gasteiger partial charge in [0.1, 0.15) is 0 Å². The normalized spacial score (nSPS) is 21.6. The van der Waals surface area contributed by atoms with Crippen molar-refractivity contribution < 1.29 is 9.53 Å². The predicted octanol–water partition coefficient (Wildman–Crippen LogP) is 3.15. The molecule has 0 radical (unpaired) electrons. The van der Waals surface area contributed by atoms with Crippen LogP contribution < -0.4 is 0 Å². The zero-order chi connectivity index (χ0) is 14.4. The number of benzene rings is 1. The molecule has 0 bridgehead atoms. The van der Waals surface area contributed by atoms with Gasteiger partial charge < -0.3 is 4.74 Å². The summed E-state index contributed by atoms with van der Waals surface area (Å²) in [6.07, 6.45) is 3.56. The number of hydrogen-bond acceptors (Lipinski definition) is 3. The van der Waals surface area contributed by atoms with Gasteiger partial charge in [0.2, 0.25) is 0 Å². The summed E-state index contributed by atoms with van der Waals surface area (Å²) in [6, 6.07) is 9.51. The zero-order valence-corrected chi connectivity index (χ0v) is 12.5. The number of hydrogen-bond donors (Lipinski definition) is 0. The van der Waals surface area contributed by atoms with Crippen LogP contribution in [0.4, 0.5) is 0 Å². The van der Waals surface area contributed by atoms with Crippen molar-refractivity contribution in [2.45, 2.75) is 45.3 Å². The molecule has 3 heteroatoms. The van der Waals surface area contributed by atoms with Crippen LogP contribution in [-0.4, -0.2) is 42.5 Å². The highest BCUT2D eigenvalue weighted by Gasteiger charge is 2.28. The minimum Gasteiger partial charge on any atom is -0.377 e. The molecule has 1 aromatic rings. The molecule has 0 N–H and O–H groups in total. The average molecular weight is 275 g/mol. The highest BCUT2D eigenvalue weighted by atomic mass is 16.5. The number of rotatable bonds is 6. The van der Waals surface area contributed by atoms with Gasteiger partial charge in [-0.1, -0.05) is 37.3 Å². The number of carbonyl (C=O) groups is 1. The van der Waals surface area contributed by atoms with Gasteiger partial charge in [-0.2, -0.15) is 0 Å². The number of likely N-dealkylation sites (tertiary alicyclic amines) is 1. The molecule has 0 saturated carbocycles. The summed E-state index contributed by atoms with van der Waals surface area (Å²) in [5.74, 6) is 0.210. The average Bonchev–Trinajstić information content (AvgIpc) is 2.52. The molecule has 1 fully saturated rings. The van der Waals surface area contributed by atoms with Crippen molar-refractivity contribution in [2.75, 3.05) is 19.7 Å². The molecule has 20 heavy (non-hydrogen) atoms. The second-order valence-corrected chi connectivity index (χ2v) is 5.54. The van der Waals surface area contributed by atoms with Gasteiger partial charge in [-0.25, -0.2) is 0 Å². The summed E-state index contributed by atoms with van der Waals surface area (Å²) in [4.78, 5) is 14.7. The molecule has 0 aliphatic carbocycles. The van der Waals surface area contributed by atoms with Crippen LogP contribution in [0.5, 0.6) is 0 Å². The van der Waals surface area contributed by atoms with Crippen LogP contribution in [0.1, 0.15) is 43.5 Å². The first-order chi connectivity index (χ1) is 9.72. The number of ether oxygens (including phenoxy) is 1. The molecule has 1 aromatic carbocycles. The Morgan fingerprint density at radius 2 is 2.15 bits per heavy atom. The third-order valence-corrected chi connectivity index (χ3v) is 3.95. The summed E-state index contributed by atoms with van der Waals surface area (Å²) in [5, 5.41) is 0. The maximum absolute atomic E-state index is 12.5. The lowest BCUT2D eigenvalue weighted by atomic mass is 10.0. The number of piperidine rings is 1. The molecule has 2 rings (SSSR count). The Balaban J connectivity index is 1.94. The molecule has 1 aliphatic rings. The van der Waals surface area contributed by atoms with Crippen molar-refractivity contribution in [1.29, 1.82) is 0 Å². The van der Waals surface area contributed by atoms with Crippen molar-refractivity contribution in [3.63, 3.8) is 0 Å². The van der Waals surface area contributed by atoms with E-state index in [9.17, 15) is 4.79 Å². The number of carbonyl (C=O) groups excluding carboxylic acids is 1. The van der Waals surface area contributed by atoms with E-state index in [2.05, 4.69) is 11.8 Å². The standard InChI is InChI=1S/C17H25NO2/c1-3-12-20-16-10-7-11-18(13-16)14(2)17(19)15-8-5-4-6-9-15/h4-6,8-9,14,16H,3,7,10-13H2,1-2H3. The second kappa shape index (κ2) is 7.55. The minimum atomic E-state index is -0.0644. The van der Waals surface area contributed by atoms with E-state index in [4.69, 9.17) is 4.74 Å². The molecule has 2 atom stereocenters. The Morgan fingerprint density at radius 3 is 2.85 bits per heavy atom. The lowest BCUT2D eigenvalue weighted by molar-refractivity contribution is -0.00810. The quantitative estimate of drug-likeness (QED) is 0.747. The van der Waals surface area contributed by atoms with E-state index in [1.165, 1.54) is 0 Å². The Kier molecular flexibility index (Phi) is 5.74. The smallest absolute Gasteiger partial charge is 0.179 e. The molecule has 3 nitrogen and oxygen atoms in total. The van der Waals surface area contributed by atoms with Crippen molar-refractivity contribution in [3.8, 4) is 0 Å². The van der Waals surface area contributed by atoms with Crippen molar-refractivity contribution in [3.05, 3.63) is 35.9 Å². The Hall–Kier alpha value is -1.19. The van der Waals surface area contributed by atoms with Crippen molar-refractivity contribution >= 4 is 5.78 Å². The fourth-order valence-corrected chi connectivity index (χ4v) is 2.75. The Morgan fingerprint density at radius 1 is 1.40 bits per heavy atom. The summed E-state index contributed by atoms with van der Waals surface area (Å²) in [5.41, 5.74) is 0.802. The molecule has 0 spiro atoms. The van der Waals surface area contributed by atoms with E-state index in [1.807, 2.05) is 37.3 Å². The molecule has 110 valence electrons. The Labute approximate surface area is 121 Å². The molecule has 1 aliphatic heterocycles. The van der Waals surface area contributed by atoms with Crippen LogP contribution in [0, 0.1) is 0 Å². The number of ketones is 1. The predicted molar refractivity (Wildman–Crippen MR) is 81.1 cm³/mol. The van der Waals surface area contributed by atoms with E-state index in [1.54, 1.807) is 0 Å². The van der Waals surface area contributed by atoms with Gasteiger partial charge in [0.25, 0.3) is 0 Å². The third-order valence-electron chi connectivity index (χ3n) is 3.95. The number of nitrogens with zero attached hydrogens (tertiary/aromatic N) is 1. The van der Waals surface area contributed by atoms with Gasteiger partial charge in [0.15, 0.2) is 5.78 Å². The van der Waals surface area contributed by atoms with Gasteiger partial charge in [0.05, 0.1) is 12.1 Å². The van der Waals surface area contributed by atoms with Gasteiger partial charge in [0, 0.05) is 18.7 Å². The van der Waals surface area contributed by atoms with Crippen LogP contribution in [0.15, 0.2) is 30.3 Å². The topological polar surface area (TPSA) is 29.5 Å². The van der Waals surface area contributed by atoms with Gasteiger partial charge >= 0.3 is 0 Å².